The Morgan fingerprint density at radius 2 is 1.58 bits per heavy atom. The maximum Gasteiger partial charge on any atom is 0.330 e. The van der Waals surface area contributed by atoms with Gasteiger partial charge >= 0.3 is 5.97 Å². The molecule has 0 aliphatic carbocycles. The van der Waals surface area contributed by atoms with Gasteiger partial charge < -0.3 is 9.64 Å². The molecule has 0 aliphatic rings. The second-order valence-corrected chi connectivity index (χ2v) is 7.19. The van der Waals surface area contributed by atoms with Crippen LogP contribution in [0.15, 0.2) is 61.2 Å². The third kappa shape index (κ3) is 8.46. The molecule has 0 saturated heterocycles. The maximum absolute atomic E-state index is 11.1. The Morgan fingerprint density at radius 1 is 1.00 bits per heavy atom. The molecule has 0 heterocycles. The molecule has 0 N–H and O–H groups in total. The Labute approximate surface area is 184 Å². The molecule has 2 aromatic carbocycles. The maximum atomic E-state index is 11.1. The number of nitro benzene ring substituents is 1. The third-order valence-electron chi connectivity index (χ3n) is 4.85. The summed E-state index contributed by atoms with van der Waals surface area (Å²) in [7, 11) is 0. The zero-order chi connectivity index (χ0) is 22.5. The number of unbranched alkanes of at least 4 members (excludes halogenated alkanes) is 2. The summed E-state index contributed by atoms with van der Waals surface area (Å²) in [5, 5.41) is 10.7. The number of carbonyl (C=O) groups is 1. The number of benzene rings is 2. The monoisotopic (exact) mass is 422 g/mol. The summed E-state index contributed by atoms with van der Waals surface area (Å²) in [6.45, 7) is 7.88. The Kier molecular flexibility index (Phi) is 10.0. The second kappa shape index (κ2) is 13.0. The number of ether oxygens (including phenoxy) is 1. The van der Waals surface area contributed by atoms with Crippen molar-refractivity contribution in [3.63, 3.8) is 0 Å². The van der Waals surface area contributed by atoms with Gasteiger partial charge in [0.25, 0.3) is 5.69 Å². The average Bonchev–Trinajstić information content (AvgIpc) is 2.80. The van der Waals surface area contributed by atoms with E-state index in [1.807, 2.05) is 12.2 Å². The van der Waals surface area contributed by atoms with Crippen LogP contribution in [0, 0.1) is 10.1 Å². The van der Waals surface area contributed by atoms with Gasteiger partial charge in [-0.05, 0) is 54.7 Å². The molecule has 0 unspecified atom stereocenters. The van der Waals surface area contributed by atoms with Crippen LogP contribution in [0.4, 0.5) is 11.4 Å². The molecule has 0 radical (unpaired) electrons. The van der Waals surface area contributed by atoms with E-state index in [0.717, 1.165) is 49.9 Å². The van der Waals surface area contributed by atoms with Crippen molar-refractivity contribution in [2.24, 2.45) is 0 Å². The van der Waals surface area contributed by atoms with Crippen LogP contribution in [0.5, 0.6) is 0 Å². The number of esters is 1. The molecule has 0 aromatic heterocycles. The summed E-state index contributed by atoms with van der Waals surface area (Å²) in [5.74, 6) is -0.375. The molecule has 0 bridgehead atoms. The Bertz CT molecular complexity index is 873. The van der Waals surface area contributed by atoms with Crippen molar-refractivity contribution in [3.05, 3.63) is 82.4 Å². The highest BCUT2D eigenvalue weighted by atomic mass is 16.6. The predicted molar refractivity (Wildman–Crippen MR) is 126 cm³/mol. The Balaban J connectivity index is 1.93. The lowest BCUT2D eigenvalue weighted by atomic mass is 10.1. The first-order chi connectivity index (χ1) is 15.0. The first kappa shape index (κ1) is 23.9. The van der Waals surface area contributed by atoms with Crippen molar-refractivity contribution in [1.82, 2.24) is 0 Å². The van der Waals surface area contributed by atoms with Gasteiger partial charge in [0.1, 0.15) is 0 Å². The zero-order valence-electron chi connectivity index (χ0n) is 18.0. The van der Waals surface area contributed by atoms with Gasteiger partial charge in [-0.15, -0.1) is 0 Å². The summed E-state index contributed by atoms with van der Waals surface area (Å²) < 4.78 is 5.04. The van der Waals surface area contributed by atoms with Gasteiger partial charge in [0.15, 0.2) is 0 Å². The molecule has 6 nitrogen and oxygen atoms in total. The van der Waals surface area contributed by atoms with E-state index in [2.05, 4.69) is 42.7 Å². The molecule has 0 amide bonds. The van der Waals surface area contributed by atoms with Crippen molar-refractivity contribution in [3.8, 4) is 0 Å². The smallest absolute Gasteiger partial charge is 0.330 e. The van der Waals surface area contributed by atoms with Crippen LogP contribution in [-0.4, -0.2) is 30.6 Å². The highest BCUT2D eigenvalue weighted by molar-refractivity contribution is 5.81. The molecule has 2 rings (SSSR count). The number of nitro groups is 1. The molecule has 0 saturated carbocycles. The topological polar surface area (TPSA) is 72.7 Å². The lowest BCUT2D eigenvalue weighted by Crippen LogP contribution is -2.25. The minimum atomic E-state index is -0.398. The van der Waals surface area contributed by atoms with E-state index in [4.69, 9.17) is 4.74 Å². The van der Waals surface area contributed by atoms with Crippen LogP contribution in [0.1, 0.15) is 43.7 Å². The van der Waals surface area contributed by atoms with E-state index in [1.165, 1.54) is 23.9 Å². The van der Waals surface area contributed by atoms with Gasteiger partial charge in [-0.1, -0.05) is 44.2 Å². The summed E-state index contributed by atoms with van der Waals surface area (Å²) in [6, 6.07) is 14.9. The molecule has 6 heteroatoms. The van der Waals surface area contributed by atoms with Gasteiger partial charge in [0.2, 0.25) is 0 Å². The van der Waals surface area contributed by atoms with Crippen molar-refractivity contribution < 1.29 is 14.5 Å². The van der Waals surface area contributed by atoms with Crippen molar-refractivity contribution >= 4 is 29.5 Å². The summed E-state index contributed by atoms with van der Waals surface area (Å²) in [6.07, 6.45) is 9.13. The summed E-state index contributed by atoms with van der Waals surface area (Å²) in [5.41, 5.74) is 3.24. The molecule has 164 valence electrons. The number of hydrogen-bond donors (Lipinski definition) is 0. The highest BCUT2D eigenvalue weighted by Gasteiger charge is 2.07. The van der Waals surface area contributed by atoms with Gasteiger partial charge in [-0.3, -0.25) is 10.1 Å². The molecule has 31 heavy (non-hydrogen) atoms. The van der Waals surface area contributed by atoms with Crippen LogP contribution in [0.2, 0.25) is 0 Å². The van der Waals surface area contributed by atoms with E-state index in [1.54, 1.807) is 12.1 Å². The molecule has 0 fully saturated rings. The molecule has 0 aliphatic heterocycles. The predicted octanol–water partition coefficient (Wildman–Crippen LogP) is 5.88. The van der Waals surface area contributed by atoms with Crippen molar-refractivity contribution in [2.75, 3.05) is 24.6 Å². The second-order valence-electron chi connectivity index (χ2n) is 7.19. The van der Waals surface area contributed by atoms with Crippen LogP contribution < -0.4 is 4.90 Å². The summed E-state index contributed by atoms with van der Waals surface area (Å²) in [4.78, 5) is 23.8. The number of non-ortho nitro benzene ring substituents is 1. The minimum absolute atomic E-state index is 0.0903. The molecule has 0 spiro atoms. The minimum Gasteiger partial charge on any atom is -0.463 e. The van der Waals surface area contributed by atoms with E-state index in [0.29, 0.717) is 6.61 Å². The largest absolute Gasteiger partial charge is 0.463 e. The highest BCUT2D eigenvalue weighted by Crippen LogP contribution is 2.19. The van der Waals surface area contributed by atoms with Crippen LogP contribution >= 0.6 is 0 Å². The van der Waals surface area contributed by atoms with Crippen LogP contribution in [0.25, 0.3) is 12.2 Å². The van der Waals surface area contributed by atoms with E-state index >= 15 is 0 Å². The normalized spacial score (nSPS) is 10.7. The molecular weight excluding hydrogens is 392 g/mol. The SMILES string of the molecule is C=CC(=O)OCCCCN(CCCC)c1ccc(C=Cc2ccc([N+](=O)[O-])cc2)cc1. The first-order valence-corrected chi connectivity index (χ1v) is 10.6. The molecule has 0 atom stereocenters. The van der Waals surface area contributed by atoms with E-state index in [-0.39, 0.29) is 11.7 Å². The Morgan fingerprint density at radius 3 is 2.13 bits per heavy atom. The number of rotatable bonds is 13. The fourth-order valence-corrected chi connectivity index (χ4v) is 3.05. The molecular formula is C25H30N2O4. The van der Waals surface area contributed by atoms with E-state index < -0.39 is 4.92 Å². The van der Waals surface area contributed by atoms with Crippen molar-refractivity contribution in [1.29, 1.82) is 0 Å². The third-order valence-corrected chi connectivity index (χ3v) is 4.85. The van der Waals surface area contributed by atoms with E-state index in [9.17, 15) is 14.9 Å². The number of hydrogen-bond acceptors (Lipinski definition) is 5. The number of anilines is 1. The fourth-order valence-electron chi connectivity index (χ4n) is 3.05. The van der Waals surface area contributed by atoms with Gasteiger partial charge in [0, 0.05) is 37.0 Å². The summed E-state index contributed by atoms with van der Waals surface area (Å²) >= 11 is 0. The Hall–Kier alpha value is -3.41. The fraction of sp³-hybridized carbons (Fsp3) is 0.320. The molecule has 2 aromatic rings. The van der Waals surface area contributed by atoms with Crippen LogP contribution in [0.3, 0.4) is 0 Å². The first-order valence-electron chi connectivity index (χ1n) is 10.6. The standard InChI is InChI=1S/C25H30N2O4/c1-3-5-18-26(19-6-7-20-31-25(28)4-2)23-14-10-21(11-15-23)8-9-22-12-16-24(17-13-22)27(29)30/h4,8-17H,2-3,5-7,18-20H2,1H3. The van der Waals surface area contributed by atoms with Gasteiger partial charge in [-0.25, -0.2) is 4.79 Å². The van der Waals surface area contributed by atoms with Crippen molar-refractivity contribution in [2.45, 2.75) is 32.6 Å². The van der Waals surface area contributed by atoms with Crippen LogP contribution in [-0.2, 0) is 9.53 Å². The van der Waals surface area contributed by atoms with Gasteiger partial charge in [0.05, 0.1) is 11.5 Å². The quantitative estimate of drug-likeness (QED) is 0.101. The average molecular weight is 423 g/mol. The lowest BCUT2D eigenvalue weighted by Gasteiger charge is -2.25. The zero-order valence-corrected chi connectivity index (χ0v) is 18.0. The number of carbonyl (C=O) groups excluding carboxylic acids is 1. The van der Waals surface area contributed by atoms with Gasteiger partial charge in [-0.2, -0.15) is 0 Å². The number of nitrogens with zero attached hydrogens (tertiary/aromatic N) is 2. The lowest BCUT2D eigenvalue weighted by molar-refractivity contribution is -0.384.